The maximum Gasteiger partial charge on any atom is 0.331 e. The number of ether oxygens (including phenoxy) is 1. The number of rotatable bonds is 6. The molecule has 1 amide bonds. The van der Waals surface area contributed by atoms with Gasteiger partial charge in [0, 0.05) is 17.2 Å². The molecule has 5 nitrogen and oxygen atoms in total. The quantitative estimate of drug-likeness (QED) is 0.787. The van der Waals surface area contributed by atoms with Crippen LogP contribution >= 0.6 is 11.6 Å². The lowest BCUT2D eigenvalue weighted by Crippen LogP contribution is -2.50. The zero-order valence-electron chi connectivity index (χ0n) is 12.4. The van der Waals surface area contributed by atoms with Crippen LogP contribution in [0.15, 0.2) is 18.2 Å². The minimum Gasteiger partial charge on any atom is -0.464 e. The largest absolute Gasteiger partial charge is 0.464 e. The Morgan fingerprint density at radius 2 is 2.05 bits per heavy atom. The van der Waals surface area contributed by atoms with E-state index in [2.05, 4.69) is 5.32 Å². The summed E-state index contributed by atoms with van der Waals surface area (Å²) in [6.45, 7) is 5.09. The van der Waals surface area contributed by atoms with Crippen LogP contribution in [0.2, 0.25) is 5.02 Å². The van der Waals surface area contributed by atoms with E-state index in [0.29, 0.717) is 17.0 Å². The van der Waals surface area contributed by atoms with Crippen LogP contribution in [-0.2, 0) is 16.0 Å². The Bertz CT molecular complexity index is 528. The predicted molar refractivity (Wildman–Crippen MR) is 80.4 cm³/mol. The lowest BCUT2D eigenvalue weighted by atomic mass is 10.0. The molecule has 0 aliphatic carbocycles. The van der Waals surface area contributed by atoms with Crippen LogP contribution in [0.3, 0.4) is 0 Å². The Morgan fingerprint density at radius 3 is 2.57 bits per heavy atom. The summed E-state index contributed by atoms with van der Waals surface area (Å²) in [4.78, 5) is 23.9. The monoisotopic (exact) mass is 313 g/mol. The van der Waals surface area contributed by atoms with E-state index in [-0.39, 0.29) is 13.2 Å². The normalized spacial score (nSPS) is 11.1. The molecule has 0 fully saturated rings. The van der Waals surface area contributed by atoms with Gasteiger partial charge in [0.1, 0.15) is 5.54 Å². The van der Waals surface area contributed by atoms with E-state index < -0.39 is 17.4 Å². The summed E-state index contributed by atoms with van der Waals surface area (Å²) in [5, 5.41) is 11.9. The van der Waals surface area contributed by atoms with Crippen molar-refractivity contribution < 1.29 is 19.4 Å². The minimum atomic E-state index is -1.12. The van der Waals surface area contributed by atoms with E-state index >= 15 is 0 Å². The first kappa shape index (κ1) is 17.5. The van der Waals surface area contributed by atoms with Gasteiger partial charge in [-0.2, -0.15) is 0 Å². The molecule has 0 heterocycles. The average molecular weight is 314 g/mol. The second kappa shape index (κ2) is 7.43. The zero-order chi connectivity index (χ0) is 16.0. The second-order valence-electron chi connectivity index (χ2n) is 5.08. The van der Waals surface area contributed by atoms with Gasteiger partial charge in [0.2, 0.25) is 0 Å². The Labute approximate surface area is 129 Å². The van der Waals surface area contributed by atoms with E-state index in [1.54, 1.807) is 32.9 Å². The number of nitrogens with one attached hydrogen (secondary N) is 1. The van der Waals surface area contributed by atoms with Gasteiger partial charge in [-0.25, -0.2) is 4.79 Å². The molecule has 0 radical (unpaired) electrons. The fraction of sp³-hybridized carbons (Fsp3) is 0.467. The number of hydrogen-bond acceptors (Lipinski definition) is 4. The first-order valence-corrected chi connectivity index (χ1v) is 7.08. The summed E-state index contributed by atoms with van der Waals surface area (Å²) < 4.78 is 4.91. The Hall–Kier alpha value is -1.59. The maximum atomic E-state index is 12.2. The molecule has 0 aliphatic rings. The summed E-state index contributed by atoms with van der Waals surface area (Å²) in [5.41, 5.74) is -0.0111. The number of carbonyl (C=O) groups is 2. The van der Waals surface area contributed by atoms with Crippen molar-refractivity contribution in [3.8, 4) is 0 Å². The van der Waals surface area contributed by atoms with E-state index in [1.807, 2.05) is 0 Å². The molecule has 1 aromatic rings. The highest BCUT2D eigenvalue weighted by Gasteiger charge is 2.31. The Kier molecular flexibility index (Phi) is 6.18. The fourth-order valence-corrected chi connectivity index (χ4v) is 2.01. The summed E-state index contributed by atoms with van der Waals surface area (Å²) in [6.07, 6.45) is 0.426. The van der Waals surface area contributed by atoms with Crippen molar-refractivity contribution in [1.29, 1.82) is 0 Å². The summed E-state index contributed by atoms with van der Waals surface area (Å²) in [7, 11) is 0. The van der Waals surface area contributed by atoms with Crippen LogP contribution in [0.25, 0.3) is 0 Å². The van der Waals surface area contributed by atoms with Gasteiger partial charge in [-0.1, -0.05) is 17.7 Å². The van der Waals surface area contributed by atoms with Gasteiger partial charge < -0.3 is 15.2 Å². The molecule has 6 heteroatoms. The molecular formula is C15H20ClNO4. The first-order chi connectivity index (χ1) is 9.81. The lowest BCUT2D eigenvalue weighted by molar-refractivity contribution is -0.149. The number of esters is 1. The van der Waals surface area contributed by atoms with Crippen molar-refractivity contribution in [3.63, 3.8) is 0 Å². The summed E-state index contributed by atoms with van der Waals surface area (Å²) >= 11 is 6.05. The Balaban J connectivity index is 2.84. The number of amides is 1. The smallest absolute Gasteiger partial charge is 0.331 e. The number of aliphatic hydroxyl groups excluding tert-OH is 1. The third kappa shape index (κ3) is 4.72. The third-order valence-electron chi connectivity index (χ3n) is 2.91. The van der Waals surface area contributed by atoms with E-state index in [4.69, 9.17) is 21.4 Å². The predicted octanol–water partition coefficient (Wildman–Crippen LogP) is 1.95. The maximum absolute atomic E-state index is 12.2. The highest BCUT2D eigenvalue weighted by Crippen LogP contribution is 2.19. The number of halogens is 1. The molecule has 0 aromatic heterocycles. The zero-order valence-corrected chi connectivity index (χ0v) is 13.2. The molecule has 0 unspecified atom stereocenters. The highest BCUT2D eigenvalue weighted by molar-refractivity contribution is 6.31. The van der Waals surface area contributed by atoms with Crippen molar-refractivity contribution in [2.45, 2.75) is 32.7 Å². The number of hydrogen-bond donors (Lipinski definition) is 2. The fourth-order valence-electron chi connectivity index (χ4n) is 1.73. The van der Waals surface area contributed by atoms with Crippen LogP contribution in [-0.4, -0.2) is 35.7 Å². The second-order valence-corrected chi connectivity index (χ2v) is 5.49. The molecule has 2 N–H and O–H groups in total. The van der Waals surface area contributed by atoms with Gasteiger partial charge in [-0.3, -0.25) is 4.79 Å². The number of carbonyl (C=O) groups excluding carboxylic acids is 2. The Morgan fingerprint density at radius 1 is 1.38 bits per heavy atom. The van der Waals surface area contributed by atoms with Crippen LogP contribution in [0.1, 0.15) is 36.7 Å². The third-order valence-corrected chi connectivity index (χ3v) is 3.26. The average Bonchev–Trinajstić information content (AvgIpc) is 2.41. The van der Waals surface area contributed by atoms with Gasteiger partial charge in [0.15, 0.2) is 0 Å². The van der Waals surface area contributed by atoms with Crippen molar-refractivity contribution in [2.75, 3.05) is 13.2 Å². The molecule has 1 rings (SSSR count). The molecule has 0 saturated heterocycles. The van der Waals surface area contributed by atoms with Crippen LogP contribution in [0.4, 0.5) is 0 Å². The molecule has 0 atom stereocenters. The van der Waals surface area contributed by atoms with E-state index in [0.717, 1.165) is 5.56 Å². The van der Waals surface area contributed by atoms with Gasteiger partial charge in [-0.15, -0.1) is 0 Å². The molecule has 0 bridgehead atoms. The first-order valence-electron chi connectivity index (χ1n) is 6.70. The summed E-state index contributed by atoms with van der Waals surface area (Å²) in [6, 6.07) is 4.81. The molecule has 0 saturated carbocycles. The van der Waals surface area contributed by atoms with E-state index in [9.17, 15) is 9.59 Å². The van der Waals surface area contributed by atoms with Crippen molar-refractivity contribution in [3.05, 3.63) is 34.3 Å². The number of aliphatic hydroxyl groups is 1. The molecule has 116 valence electrons. The van der Waals surface area contributed by atoms with Crippen LogP contribution in [0.5, 0.6) is 0 Å². The highest BCUT2D eigenvalue weighted by atomic mass is 35.5. The van der Waals surface area contributed by atoms with Gasteiger partial charge in [0.25, 0.3) is 5.91 Å². The topological polar surface area (TPSA) is 75.6 Å². The van der Waals surface area contributed by atoms with Crippen LogP contribution in [0, 0.1) is 0 Å². The number of benzene rings is 1. The molecular weight excluding hydrogens is 294 g/mol. The molecule has 21 heavy (non-hydrogen) atoms. The van der Waals surface area contributed by atoms with E-state index in [1.165, 1.54) is 6.07 Å². The van der Waals surface area contributed by atoms with Gasteiger partial charge in [0.05, 0.1) is 6.61 Å². The SMILES string of the molecule is CCOC(=O)C(C)(C)NC(=O)c1ccc(CCO)c(Cl)c1. The van der Waals surface area contributed by atoms with Crippen LogP contribution < -0.4 is 5.32 Å². The lowest BCUT2D eigenvalue weighted by Gasteiger charge is -2.23. The van der Waals surface area contributed by atoms with Crippen molar-refractivity contribution >= 4 is 23.5 Å². The minimum absolute atomic E-state index is 0.0127. The molecule has 0 spiro atoms. The van der Waals surface area contributed by atoms with Gasteiger partial charge in [-0.05, 0) is 44.9 Å². The van der Waals surface area contributed by atoms with Crippen molar-refractivity contribution in [1.82, 2.24) is 5.32 Å². The molecule has 0 aliphatic heterocycles. The summed E-state index contributed by atoms with van der Waals surface area (Å²) in [5.74, 6) is -0.910. The standard InChI is InChI=1S/C15H20ClNO4/c1-4-21-14(20)15(2,3)17-13(19)11-6-5-10(7-8-18)12(16)9-11/h5-6,9,18H,4,7-8H2,1-3H3,(H,17,19). The molecule has 1 aromatic carbocycles. The van der Waals surface area contributed by atoms with Crippen molar-refractivity contribution in [2.24, 2.45) is 0 Å². The van der Waals surface area contributed by atoms with Gasteiger partial charge >= 0.3 is 5.97 Å².